The minimum atomic E-state index is -1.84. The van der Waals surface area contributed by atoms with Gasteiger partial charge in [-0.1, -0.05) is 4.99 Å². The van der Waals surface area contributed by atoms with Crippen LogP contribution in [0.15, 0.2) is 15.5 Å². The fraction of sp³-hybridized carbons (Fsp3) is 0.333. The maximum Gasteiger partial charge on any atom is 0.380 e. The largest absolute Gasteiger partial charge is 0.475 e. The lowest BCUT2D eigenvalue weighted by atomic mass is 10.1. The number of carbonyl (C=O) groups excluding carboxylic acids is 1. The van der Waals surface area contributed by atoms with Crippen molar-refractivity contribution in [1.82, 2.24) is 0 Å². The maximum absolute atomic E-state index is 11.3. The molecule has 0 aliphatic carbocycles. The minimum Gasteiger partial charge on any atom is -0.475 e. The van der Waals surface area contributed by atoms with E-state index in [-0.39, 0.29) is 11.0 Å². The number of carbonyl (C=O) groups is 2. The molecule has 23 heavy (non-hydrogen) atoms. The van der Waals surface area contributed by atoms with Crippen molar-refractivity contribution in [1.29, 1.82) is 0 Å². The van der Waals surface area contributed by atoms with Gasteiger partial charge in [0.1, 0.15) is 17.9 Å². The van der Waals surface area contributed by atoms with E-state index < -0.39 is 48.2 Å². The number of hydrogen-bond acceptors (Lipinski definition) is 6. The Balaban J connectivity index is 3.74. The number of nitrogens with one attached hydrogen (secondary N) is 1. The zero-order chi connectivity index (χ0) is 17.7. The average molecular weight is 329 g/mol. The van der Waals surface area contributed by atoms with Gasteiger partial charge < -0.3 is 30.2 Å². The summed E-state index contributed by atoms with van der Waals surface area (Å²) in [5, 5.41) is 44.8. The number of carboxylic acid groups (broad SMARTS) is 1. The second-order valence-corrected chi connectivity index (χ2v) is 4.45. The number of guanidine groups is 1. The van der Waals surface area contributed by atoms with Crippen LogP contribution in [0.3, 0.4) is 0 Å². The van der Waals surface area contributed by atoms with Gasteiger partial charge in [-0.05, 0) is 0 Å². The normalized spacial score (nSPS) is 14.2. The summed E-state index contributed by atoms with van der Waals surface area (Å²) in [6.45, 7) is 0.300. The fourth-order valence-electron chi connectivity index (χ4n) is 1.64. The van der Waals surface area contributed by atoms with Crippen molar-refractivity contribution in [2.45, 2.75) is 19.1 Å². The quantitative estimate of drug-likeness (QED) is 0.211. The van der Waals surface area contributed by atoms with E-state index in [0.717, 1.165) is 13.0 Å². The van der Waals surface area contributed by atoms with E-state index in [0.29, 0.717) is 0 Å². The molecule has 1 heterocycles. The molecule has 0 radical (unpaired) electrons. The lowest BCUT2D eigenvalue weighted by molar-refractivity contribution is -0.117. The van der Waals surface area contributed by atoms with Crippen molar-refractivity contribution in [3.63, 3.8) is 0 Å². The van der Waals surface area contributed by atoms with Crippen LogP contribution >= 0.6 is 0 Å². The Labute approximate surface area is 129 Å². The molecule has 0 saturated carbocycles. The second kappa shape index (κ2) is 7.49. The molecule has 0 aliphatic heterocycles. The summed E-state index contributed by atoms with van der Waals surface area (Å²) in [5.41, 5.74) is 5.01. The van der Waals surface area contributed by atoms with Crippen LogP contribution in [0.4, 0.5) is 5.69 Å². The number of amides is 1. The molecule has 0 unspecified atom stereocenters. The van der Waals surface area contributed by atoms with Gasteiger partial charge in [-0.3, -0.25) is 15.9 Å². The molecule has 1 aromatic heterocycles. The van der Waals surface area contributed by atoms with E-state index in [1.807, 2.05) is 0 Å². The Kier molecular flexibility index (Phi) is 5.95. The number of anilines is 1. The van der Waals surface area contributed by atoms with Crippen LogP contribution in [0, 0.1) is 0 Å². The number of nitrogens with two attached hydrogens (primary N) is 2. The molecule has 1 aromatic rings. The maximum atomic E-state index is 11.3. The molecule has 11 nitrogen and oxygen atoms in total. The van der Waals surface area contributed by atoms with Gasteiger partial charge in [0.2, 0.25) is 11.7 Å². The first-order valence-electron chi connectivity index (χ1n) is 6.25. The van der Waals surface area contributed by atoms with E-state index in [9.17, 15) is 19.8 Å². The van der Waals surface area contributed by atoms with Gasteiger partial charge in [0.05, 0.1) is 6.61 Å². The molecule has 1 amide bonds. The van der Waals surface area contributed by atoms with Crippen molar-refractivity contribution in [3.8, 4) is 0 Å². The number of aliphatic hydroxyl groups excluding tert-OH is 3. The van der Waals surface area contributed by atoms with Crippen molar-refractivity contribution >= 4 is 23.5 Å². The van der Waals surface area contributed by atoms with E-state index in [1.165, 1.54) is 0 Å². The van der Waals surface area contributed by atoms with Crippen LogP contribution in [0.2, 0.25) is 0 Å². The first-order valence-corrected chi connectivity index (χ1v) is 6.25. The van der Waals surface area contributed by atoms with Gasteiger partial charge in [0.25, 0.3) is 0 Å². The summed E-state index contributed by atoms with van der Waals surface area (Å²) in [6.07, 6.45) is -3.53. The summed E-state index contributed by atoms with van der Waals surface area (Å²) < 4.78 is 4.99. The van der Waals surface area contributed by atoms with E-state index >= 15 is 0 Å². The van der Waals surface area contributed by atoms with Crippen LogP contribution in [0.5, 0.6) is 0 Å². The summed E-state index contributed by atoms with van der Waals surface area (Å²) in [4.78, 5) is 26.1. The second-order valence-electron chi connectivity index (χ2n) is 4.45. The predicted octanol–water partition coefficient (Wildman–Crippen LogP) is -3.70. The Hall–Kier alpha value is -2.76. The van der Waals surface area contributed by atoms with Crippen molar-refractivity contribution in [2.24, 2.45) is 10.7 Å². The van der Waals surface area contributed by atoms with Crippen molar-refractivity contribution in [3.05, 3.63) is 22.9 Å². The Bertz CT molecular complexity index is 697. The van der Waals surface area contributed by atoms with Gasteiger partial charge in [0, 0.05) is 13.0 Å². The van der Waals surface area contributed by atoms with E-state index in [2.05, 4.69) is 10.3 Å². The molecule has 0 fully saturated rings. The van der Waals surface area contributed by atoms with Crippen LogP contribution in [0.1, 0.15) is 29.3 Å². The smallest absolute Gasteiger partial charge is 0.380 e. The molecule has 0 saturated heterocycles. The first kappa shape index (κ1) is 18.3. The zero-order valence-corrected chi connectivity index (χ0v) is 12.1. The highest BCUT2D eigenvalue weighted by Gasteiger charge is 2.28. The first-order chi connectivity index (χ1) is 10.7. The monoisotopic (exact) mass is 329 g/mol. The van der Waals surface area contributed by atoms with E-state index in [4.69, 9.17) is 25.8 Å². The molecule has 0 bridgehead atoms. The Morgan fingerprint density at radius 1 is 1.48 bits per heavy atom. The number of carboxylic acids is 1. The molecule has 126 valence electrons. The third kappa shape index (κ3) is 4.60. The zero-order valence-electron chi connectivity index (χ0n) is 12.1. The predicted molar refractivity (Wildman–Crippen MR) is 74.7 cm³/mol. The van der Waals surface area contributed by atoms with Gasteiger partial charge in [-0.2, -0.15) is 0 Å². The van der Waals surface area contributed by atoms with Crippen molar-refractivity contribution in [2.75, 3.05) is 11.9 Å². The highest BCUT2D eigenvalue weighted by atomic mass is 16.4. The average Bonchev–Trinajstić information content (AvgIpc) is 2.45. The molecule has 2 atom stereocenters. The molecular formula is C12H17N4O7+. The van der Waals surface area contributed by atoms with Crippen LogP contribution in [0.25, 0.3) is 0 Å². The van der Waals surface area contributed by atoms with Crippen molar-refractivity contribution < 1.29 is 39.8 Å². The Morgan fingerprint density at radius 2 is 2.09 bits per heavy atom. The molecule has 9 N–H and O–H groups in total. The van der Waals surface area contributed by atoms with Gasteiger partial charge >= 0.3 is 11.9 Å². The third-order valence-electron chi connectivity index (χ3n) is 2.57. The van der Waals surface area contributed by atoms with Gasteiger partial charge in [0.15, 0.2) is 11.1 Å². The van der Waals surface area contributed by atoms with Crippen LogP contribution < -0.4 is 21.8 Å². The number of aromatic carboxylic acids is 1. The fourth-order valence-corrected chi connectivity index (χ4v) is 1.64. The topological polar surface area (TPSA) is 204 Å². The summed E-state index contributed by atoms with van der Waals surface area (Å²) in [7, 11) is 0. The van der Waals surface area contributed by atoms with E-state index in [1.54, 1.807) is 0 Å². The number of aliphatic hydroxyl groups is 3. The Morgan fingerprint density at radius 3 is 2.52 bits per heavy atom. The van der Waals surface area contributed by atoms with Gasteiger partial charge in [-0.25, -0.2) is 4.79 Å². The number of hydrogen-bond donors (Lipinski definition) is 7. The molecule has 0 aromatic carbocycles. The summed E-state index contributed by atoms with van der Waals surface area (Å²) in [5.74, 6) is -3.72. The van der Waals surface area contributed by atoms with Crippen LogP contribution in [-0.2, 0) is 4.79 Å². The molecule has 0 spiro atoms. The molecule has 1 rings (SSSR count). The van der Waals surface area contributed by atoms with Crippen LogP contribution in [-0.4, -0.2) is 51.0 Å². The lowest BCUT2D eigenvalue weighted by Gasteiger charge is -2.18. The standard InChI is InChI=1S/C12H16N4O7/c1-4(18)15-8-5(16-12(13)14)2-7(11(21)22)23-10(8)9(20)6(19)3-17/h2,6,9,17,19-20H,3H2,1H3,(H3,13,14)(H,15,18)(H,21,22)/p+1/b16-5+/t6-,9-/m1/s1. The molecular weight excluding hydrogens is 312 g/mol. The lowest BCUT2D eigenvalue weighted by Crippen LogP contribution is -2.45. The SMILES string of the molecule is CC(=O)Nc1c([C@H](O)[C@H](O)CO)oc(C(=O)O)c/c1=N\C(N)=[NH2+]. The number of rotatable bonds is 5. The summed E-state index contributed by atoms with van der Waals surface area (Å²) >= 11 is 0. The molecule has 11 heteroatoms. The highest BCUT2D eigenvalue weighted by Crippen LogP contribution is 2.24. The minimum absolute atomic E-state index is 0.206. The third-order valence-corrected chi connectivity index (χ3v) is 2.57. The molecule has 0 aliphatic rings. The summed E-state index contributed by atoms with van der Waals surface area (Å²) in [6, 6.07) is 0.925. The highest BCUT2D eigenvalue weighted by molar-refractivity contribution is 5.90. The van der Waals surface area contributed by atoms with Gasteiger partial charge in [-0.15, -0.1) is 0 Å². The number of nitrogens with zero attached hydrogens (tertiary/aromatic N) is 1.